The van der Waals surface area contributed by atoms with Gasteiger partial charge in [0.2, 0.25) is 0 Å². The Balaban J connectivity index is 1.63. The zero-order valence-electron chi connectivity index (χ0n) is 14.5. The van der Waals surface area contributed by atoms with Crippen LogP contribution in [-0.2, 0) is 6.18 Å². The predicted molar refractivity (Wildman–Crippen MR) is 88.6 cm³/mol. The van der Waals surface area contributed by atoms with Crippen LogP contribution in [0.3, 0.4) is 0 Å². The van der Waals surface area contributed by atoms with Gasteiger partial charge < -0.3 is 20.2 Å². The Morgan fingerprint density at radius 1 is 1.19 bits per heavy atom. The highest BCUT2D eigenvalue weighted by molar-refractivity contribution is 5.43. The zero-order chi connectivity index (χ0) is 19.1. The highest BCUT2D eigenvalue weighted by atomic mass is 19.4. The Morgan fingerprint density at radius 2 is 1.92 bits per heavy atom. The van der Waals surface area contributed by atoms with Crippen molar-refractivity contribution in [3.05, 3.63) is 23.9 Å². The van der Waals surface area contributed by atoms with E-state index in [0.717, 1.165) is 18.6 Å². The minimum atomic E-state index is -4.40. The molecular formula is C17H24F3N3O3. The van der Waals surface area contributed by atoms with Gasteiger partial charge in [0.1, 0.15) is 11.9 Å². The maximum Gasteiger partial charge on any atom is 0.416 e. The van der Waals surface area contributed by atoms with Gasteiger partial charge in [-0.25, -0.2) is 4.98 Å². The van der Waals surface area contributed by atoms with Crippen LogP contribution in [-0.4, -0.2) is 75.7 Å². The van der Waals surface area contributed by atoms with Gasteiger partial charge in [-0.3, -0.25) is 4.90 Å². The number of anilines is 1. The topological polar surface area (TPSA) is 80.1 Å². The lowest BCUT2D eigenvalue weighted by molar-refractivity contribution is -0.137. The quantitative estimate of drug-likeness (QED) is 0.722. The first-order valence-corrected chi connectivity index (χ1v) is 8.73. The number of aromatic nitrogens is 1. The van der Waals surface area contributed by atoms with E-state index < -0.39 is 30.1 Å². The average molecular weight is 375 g/mol. The molecule has 0 bridgehead atoms. The van der Waals surface area contributed by atoms with Crippen molar-refractivity contribution >= 4 is 5.82 Å². The molecule has 0 aromatic carbocycles. The van der Waals surface area contributed by atoms with Gasteiger partial charge in [-0.15, -0.1) is 0 Å². The van der Waals surface area contributed by atoms with E-state index in [1.54, 1.807) is 6.92 Å². The number of likely N-dealkylation sites (tertiary alicyclic amines) is 1. The van der Waals surface area contributed by atoms with Crippen LogP contribution in [0.25, 0.3) is 0 Å². The fourth-order valence-electron chi connectivity index (χ4n) is 3.77. The molecule has 0 radical (unpaired) electrons. The number of hydrogen-bond acceptors (Lipinski definition) is 6. The number of piperidine rings is 1. The number of hydrogen-bond donors (Lipinski definition) is 3. The SMILES string of the molecule is C[C@@H]1[C@@H](O)[C@H](O)[C@@H](O)CN1C[C@H]1CCN(c2cc(C(F)(F)F)ccn2)C1. The molecule has 0 spiro atoms. The number of halogens is 3. The number of β-amino-alcohol motifs (C(OH)–C–C–N with tert-alkyl or cyclic N) is 1. The lowest BCUT2D eigenvalue weighted by Gasteiger charge is -2.43. The lowest BCUT2D eigenvalue weighted by Crippen LogP contribution is -2.60. The first kappa shape index (κ1) is 19.3. The van der Waals surface area contributed by atoms with E-state index >= 15 is 0 Å². The first-order chi connectivity index (χ1) is 12.2. The third kappa shape index (κ3) is 3.95. The van der Waals surface area contributed by atoms with E-state index in [1.165, 1.54) is 6.20 Å². The average Bonchev–Trinajstić information content (AvgIpc) is 3.06. The van der Waals surface area contributed by atoms with E-state index in [4.69, 9.17) is 0 Å². The Morgan fingerprint density at radius 3 is 2.62 bits per heavy atom. The summed E-state index contributed by atoms with van der Waals surface area (Å²) in [5, 5.41) is 29.6. The molecule has 5 atom stereocenters. The highest BCUT2D eigenvalue weighted by Crippen LogP contribution is 2.32. The maximum atomic E-state index is 12.9. The van der Waals surface area contributed by atoms with Crippen LogP contribution in [0.2, 0.25) is 0 Å². The molecule has 0 saturated carbocycles. The molecule has 26 heavy (non-hydrogen) atoms. The zero-order valence-corrected chi connectivity index (χ0v) is 14.5. The van der Waals surface area contributed by atoms with E-state index in [0.29, 0.717) is 25.5 Å². The number of rotatable bonds is 3. The van der Waals surface area contributed by atoms with Crippen LogP contribution in [0, 0.1) is 5.92 Å². The Bertz CT molecular complexity index is 631. The van der Waals surface area contributed by atoms with Gasteiger partial charge in [-0.05, 0) is 31.4 Å². The standard InChI is InChI=1S/C17H24F3N3O3/c1-10-15(25)16(26)13(24)9-23(10)8-11-3-5-22(7-11)14-6-12(2-4-21-14)17(18,19)20/h2,4,6,10-11,13,15-16,24-26H,3,5,7-9H2,1H3/t10-,11+,13+,15-,16-/m1/s1. The summed E-state index contributed by atoms with van der Waals surface area (Å²) >= 11 is 0. The van der Waals surface area contributed by atoms with E-state index in [2.05, 4.69) is 4.98 Å². The van der Waals surface area contributed by atoms with Crippen LogP contribution in [0.5, 0.6) is 0 Å². The molecule has 6 nitrogen and oxygen atoms in total. The number of nitrogens with zero attached hydrogens (tertiary/aromatic N) is 3. The molecule has 1 aromatic rings. The second-order valence-electron chi connectivity index (χ2n) is 7.24. The van der Waals surface area contributed by atoms with E-state index in [9.17, 15) is 28.5 Å². The van der Waals surface area contributed by atoms with Gasteiger partial charge >= 0.3 is 6.18 Å². The fraction of sp³-hybridized carbons (Fsp3) is 0.706. The molecule has 0 unspecified atom stereocenters. The molecule has 2 fully saturated rings. The molecule has 3 heterocycles. The number of alkyl halides is 3. The second-order valence-corrected chi connectivity index (χ2v) is 7.24. The van der Waals surface area contributed by atoms with E-state index in [1.807, 2.05) is 9.80 Å². The molecule has 3 N–H and O–H groups in total. The van der Waals surface area contributed by atoms with Crippen molar-refractivity contribution in [1.29, 1.82) is 0 Å². The molecule has 146 valence electrons. The summed E-state index contributed by atoms with van der Waals surface area (Å²) in [4.78, 5) is 7.82. The highest BCUT2D eigenvalue weighted by Gasteiger charge is 2.40. The van der Waals surface area contributed by atoms with Crippen LogP contribution >= 0.6 is 0 Å². The van der Waals surface area contributed by atoms with Gasteiger partial charge in [0.05, 0.1) is 17.8 Å². The van der Waals surface area contributed by atoms with Crippen molar-refractivity contribution < 1.29 is 28.5 Å². The van der Waals surface area contributed by atoms with E-state index in [-0.39, 0.29) is 18.5 Å². The molecule has 0 aliphatic carbocycles. The fourth-order valence-corrected chi connectivity index (χ4v) is 3.77. The molecular weight excluding hydrogens is 351 g/mol. The largest absolute Gasteiger partial charge is 0.416 e. The minimum absolute atomic E-state index is 0.184. The van der Waals surface area contributed by atoms with Gasteiger partial charge in [0, 0.05) is 38.4 Å². The third-order valence-electron chi connectivity index (χ3n) is 5.41. The molecule has 2 saturated heterocycles. The molecule has 9 heteroatoms. The monoisotopic (exact) mass is 375 g/mol. The number of aliphatic hydroxyl groups is 3. The summed E-state index contributed by atoms with van der Waals surface area (Å²) in [6.07, 6.45) is -5.63. The normalized spacial score (nSPS) is 33.7. The smallest absolute Gasteiger partial charge is 0.389 e. The first-order valence-electron chi connectivity index (χ1n) is 8.73. The Kier molecular flexibility index (Phi) is 5.43. The Labute approximate surface area is 149 Å². The summed E-state index contributed by atoms with van der Waals surface area (Å²) in [5.74, 6) is 0.493. The van der Waals surface area contributed by atoms with Crippen molar-refractivity contribution in [2.24, 2.45) is 5.92 Å². The predicted octanol–water partition coefficient (Wildman–Crippen LogP) is 0.714. The van der Waals surface area contributed by atoms with Crippen molar-refractivity contribution in [2.75, 3.05) is 31.1 Å². The maximum absolute atomic E-state index is 12.9. The van der Waals surface area contributed by atoms with Crippen molar-refractivity contribution in [1.82, 2.24) is 9.88 Å². The summed E-state index contributed by atoms with van der Waals surface area (Å²) in [5.41, 5.74) is -0.712. The lowest BCUT2D eigenvalue weighted by atomic mass is 9.93. The molecule has 3 rings (SSSR count). The second kappa shape index (κ2) is 7.30. The van der Waals surface area contributed by atoms with Crippen LogP contribution < -0.4 is 4.90 Å². The minimum Gasteiger partial charge on any atom is -0.389 e. The van der Waals surface area contributed by atoms with Gasteiger partial charge in [-0.2, -0.15) is 13.2 Å². The van der Waals surface area contributed by atoms with Crippen molar-refractivity contribution in [2.45, 2.75) is 43.9 Å². The van der Waals surface area contributed by atoms with Crippen molar-refractivity contribution in [3.8, 4) is 0 Å². The van der Waals surface area contributed by atoms with Crippen LogP contribution in [0.15, 0.2) is 18.3 Å². The summed E-state index contributed by atoms with van der Waals surface area (Å²) in [6.45, 7) is 3.82. The van der Waals surface area contributed by atoms with Crippen LogP contribution in [0.1, 0.15) is 18.9 Å². The molecule has 2 aliphatic rings. The summed E-state index contributed by atoms with van der Waals surface area (Å²) in [6, 6.07) is 1.73. The summed E-state index contributed by atoms with van der Waals surface area (Å²) < 4.78 is 38.6. The molecule has 0 amide bonds. The number of aliphatic hydroxyl groups excluding tert-OH is 3. The summed E-state index contributed by atoms with van der Waals surface area (Å²) in [7, 11) is 0. The third-order valence-corrected chi connectivity index (χ3v) is 5.41. The number of pyridine rings is 1. The Hall–Kier alpha value is -1.42. The van der Waals surface area contributed by atoms with Gasteiger partial charge in [-0.1, -0.05) is 0 Å². The van der Waals surface area contributed by atoms with Gasteiger partial charge in [0.15, 0.2) is 0 Å². The molecule has 2 aliphatic heterocycles. The van der Waals surface area contributed by atoms with Crippen molar-refractivity contribution in [3.63, 3.8) is 0 Å². The molecule has 1 aromatic heterocycles. The van der Waals surface area contributed by atoms with Gasteiger partial charge in [0.25, 0.3) is 0 Å². The van der Waals surface area contributed by atoms with Crippen LogP contribution in [0.4, 0.5) is 19.0 Å².